The number of carbonyl (C=O) groups excluding carboxylic acids is 2. The van der Waals surface area contributed by atoms with Crippen molar-refractivity contribution in [1.82, 2.24) is 10.6 Å². The first-order valence-corrected chi connectivity index (χ1v) is 10.1. The van der Waals surface area contributed by atoms with Crippen molar-refractivity contribution in [3.05, 3.63) is 83.4 Å². The average Bonchev–Trinajstić information content (AvgIpc) is 2.87. The fraction of sp³-hybridized carbons (Fsp3) is 0.200. The maximum atomic E-state index is 13.0. The third kappa shape index (κ3) is 5.74. The molecule has 0 bridgehead atoms. The van der Waals surface area contributed by atoms with Gasteiger partial charge in [0.05, 0.1) is 28.4 Å². The zero-order valence-electron chi connectivity index (χ0n) is 18.9. The molecule has 8 nitrogen and oxygen atoms in total. The SMILES string of the molecule is COc1cccc(C(=O)NC(NC(=O)c2cccc(OC)c2)c2ccc(OC)c(OC)c2)c1. The van der Waals surface area contributed by atoms with Crippen molar-refractivity contribution in [2.24, 2.45) is 0 Å². The molecule has 2 N–H and O–H groups in total. The number of rotatable bonds is 9. The second-order valence-corrected chi connectivity index (χ2v) is 6.96. The van der Waals surface area contributed by atoms with Crippen LogP contribution in [-0.2, 0) is 0 Å². The first-order chi connectivity index (χ1) is 16.0. The van der Waals surface area contributed by atoms with Gasteiger partial charge in [-0.15, -0.1) is 0 Å². The van der Waals surface area contributed by atoms with Crippen LogP contribution in [-0.4, -0.2) is 40.3 Å². The van der Waals surface area contributed by atoms with Gasteiger partial charge in [-0.05, 0) is 54.1 Å². The van der Waals surface area contributed by atoms with Crippen LogP contribution in [0.2, 0.25) is 0 Å². The van der Waals surface area contributed by atoms with Crippen LogP contribution in [0, 0.1) is 0 Å². The zero-order valence-corrected chi connectivity index (χ0v) is 18.9. The van der Waals surface area contributed by atoms with E-state index in [1.54, 1.807) is 66.7 Å². The summed E-state index contributed by atoms with van der Waals surface area (Å²) in [5.74, 6) is 1.31. The fourth-order valence-corrected chi connectivity index (χ4v) is 3.19. The van der Waals surface area contributed by atoms with E-state index in [2.05, 4.69) is 10.6 Å². The standard InChI is InChI=1S/C25H26N2O6/c1-30-19-9-5-7-17(13-19)24(28)26-23(16-11-12-21(32-3)22(15-16)33-4)27-25(29)18-8-6-10-20(14-18)31-2/h5-15,23H,1-4H3,(H,26,28)(H,27,29). The average molecular weight is 450 g/mol. The fourth-order valence-electron chi connectivity index (χ4n) is 3.19. The molecule has 0 radical (unpaired) electrons. The summed E-state index contributed by atoms with van der Waals surface area (Å²) in [6, 6.07) is 18.6. The molecule has 0 unspecified atom stereocenters. The van der Waals surface area contributed by atoms with Crippen LogP contribution >= 0.6 is 0 Å². The third-order valence-electron chi connectivity index (χ3n) is 4.96. The molecule has 0 aliphatic rings. The largest absolute Gasteiger partial charge is 0.497 e. The minimum atomic E-state index is -0.859. The maximum Gasteiger partial charge on any atom is 0.253 e. The Kier molecular flexibility index (Phi) is 7.75. The Bertz CT molecular complexity index is 1070. The maximum absolute atomic E-state index is 13.0. The Hall–Kier alpha value is -4.20. The number of benzene rings is 3. The lowest BCUT2D eigenvalue weighted by molar-refractivity contribution is 0.0883. The molecule has 3 aromatic rings. The Morgan fingerprint density at radius 3 is 1.61 bits per heavy atom. The summed E-state index contributed by atoms with van der Waals surface area (Å²) in [7, 11) is 6.10. The zero-order chi connectivity index (χ0) is 23.8. The van der Waals surface area contributed by atoms with Crippen LogP contribution in [0.1, 0.15) is 32.4 Å². The number of hydrogen-bond acceptors (Lipinski definition) is 6. The minimum absolute atomic E-state index is 0.385. The van der Waals surface area contributed by atoms with Gasteiger partial charge in [0.1, 0.15) is 17.7 Å². The molecule has 172 valence electrons. The van der Waals surface area contributed by atoms with Crippen LogP contribution in [0.15, 0.2) is 66.7 Å². The van der Waals surface area contributed by atoms with Crippen molar-refractivity contribution in [2.75, 3.05) is 28.4 Å². The van der Waals surface area contributed by atoms with Gasteiger partial charge in [-0.3, -0.25) is 9.59 Å². The first kappa shape index (κ1) is 23.5. The number of nitrogens with one attached hydrogen (secondary N) is 2. The monoisotopic (exact) mass is 450 g/mol. The molecule has 0 fully saturated rings. The Morgan fingerprint density at radius 2 is 1.15 bits per heavy atom. The number of methoxy groups -OCH3 is 4. The molecule has 0 aromatic heterocycles. The lowest BCUT2D eigenvalue weighted by atomic mass is 10.1. The van der Waals surface area contributed by atoms with E-state index in [1.807, 2.05) is 0 Å². The second-order valence-electron chi connectivity index (χ2n) is 6.96. The quantitative estimate of drug-likeness (QED) is 0.484. The van der Waals surface area contributed by atoms with Crippen molar-refractivity contribution in [1.29, 1.82) is 0 Å². The van der Waals surface area contributed by atoms with Gasteiger partial charge < -0.3 is 29.6 Å². The predicted octanol–water partition coefficient (Wildman–Crippen LogP) is 3.58. The molecule has 3 aromatic carbocycles. The highest BCUT2D eigenvalue weighted by Crippen LogP contribution is 2.30. The van der Waals surface area contributed by atoms with E-state index in [1.165, 1.54) is 28.4 Å². The summed E-state index contributed by atoms with van der Waals surface area (Å²) in [5.41, 5.74) is 1.37. The van der Waals surface area contributed by atoms with E-state index in [-0.39, 0.29) is 11.8 Å². The Morgan fingerprint density at radius 1 is 0.636 bits per heavy atom. The second kappa shape index (κ2) is 10.9. The van der Waals surface area contributed by atoms with E-state index in [9.17, 15) is 9.59 Å². The van der Waals surface area contributed by atoms with Crippen molar-refractivity contribution < 1.29 is 28.5 Å². The van der Waals surface area contributed by atoms with E-state index < -0.39 is 6.17 Å². The first-order valence-electron chi connectivity index (χ1n) is 10.1. The molecule has 0 aliphatic carbocycles. The van der Waals surface area contributed by atoms with Gasteiger partial charge >= 0.3 is 0 Å². The molecule has 2 amide bonds. The summed E-state index contributed by atoms with van der Waals surface area (Å²) in [5, 5.41) is 5.73. The minimum Gasteiger partial charge on any atom is -0.497 e. The molecule has 0 aliphatic heterocycles. The van der Waals surface area contributed by atoms with Gasteiger partial charge in [0, 0.05) is 11.1 Å². The Balaban J connectivity index is 1.93. The molecular weight excluding hydrogens is 424 g/mol. The van der Waals surface area contributed by atoms with Crippen LogP contribution < -0.4 is 29.6 Å². The molecule has 33 heavy (non-hydrogen) atoms. The van der Waals surface area contributed by atoms with Crippen molar-refractivity contribution >= 4 is 11.8 Å². The van der Waals surface area contributed by atoms with Gasteiger partial charge in [0.25, 0.3) is 11.8 Å². The number of hydrogen-bond donors (Lipinski definition) is 2. The molecule has 8 heteroatoms. The topological polar surface area (TPSA) is 95.1 Å². The number of ether oxygens (including phenoxy) is 4. The van der Waals surface area contributed by atoms with Crippen LogP contribution in [0.5, 0.6) is 23.0 Å². The van der Waals surface area contributed by atoms with Gasteiger partial charge in [-0.2, -0.15) is 0 Å². The molecule has 0 heterocycles. The molecule has 0 spiro atoms. The highest BCUT2D eigenvalue weighted by molar-refractivity contribution is 5.97. The molecular formula is C25H26N2O6. The summed E-state index contributed by atoms with van der Waals surface area (Å²) < 4.78 is 21.1. The lowest BCUT2D eigenvalue weighted by Gasteiger charge is -2.22. The van der Waals surface area contributed by atoms with Crippen molar-refractivity contribution in [3.8, 4) is 23.0 Å². The van der Waals surface area contributed by atoms with Gasteiger partial charge in [0.2, 0.25) is 0 Å². The number of carbonyl (C=O) groups is 2. The third-order valence-corrected chi connectivity index (χ3v) is 4.96. The van der Waals surface area contributed by atoms with Crippen LogP contribution in [0.3, 0.4) is 0 Å². The van der Waals surface area contributed by atoms with Crippen LogP contribution in [0.4, 0.5) is 0 Å². The van der Waals surface area contributed by atoms with E-state index in [0.29, 0.717) is 39.7 Å². The van der Waals surface area contributed by atoms with Gasteiger partial charge in [-0.25, -0.2) is 0 Å². The predicted molar refractivity (Wildman–Crippen MR) is 123 cm³/mol. The van der Waals surface area contributed by atoms with Gasteiger partial charge in [0.15, 0.2) is 11.5 Å². The summed E-state index contributed by atoms with van der Waals surface area (Å²) in [6.07, 6.45) is -0.859. The van der Waals surface area contributed by atoms with E-state index >= 15 is 0 Å². The van der Waals surface area contributed by atoms with E-state index in [0.717, 1.165) is 0 Å². The summed E-state index contributed by atoms with van der Waals surface area (Å²) in [4.78, 5) is 26.0. The smallest absolute Gasteiger partial charge is 0.253 e. The molecule has 0 saturated heterocycles. The highest BCUT2D eigenvalue weighted by atomic mass is 16.5. The van der Waals surface area contributed by atoms with Crippen molar-refractivity contribution in [3.63, 3.8) is 0 Å². The van der Waals surface area contributed by atoms with Crippen molar-refractivity contribution in [2.45, 2.75) is 6.17 Å². The van der Waals surface area contributed by atoms with Crippen LogP contribution in [0.25, 0.3) is 0 Å². The number of amides is 2. The van der Waals surface area contributed by atoms with E-state index in [4.69, 9.17) is 18.9 Å². The molecule has 0 atom stereocenters. The molecule has 0 saturated carbocycles. The highest BCUT2D eigenvalue weighted by Gasteiger charge is 2.21. The Labute approximate surface area is 192 Å². The lowest BCUT2D eigenvalue weighted by Crippen LogP contribution is -2.41. The summed E-state index contributed by atoms with van der Waals surface area (Å²) >= 11 is 0. The summed E-state index contributed by atoms with van der Waals surface area (Å²) in [6.45, 7) is 0. The molecule has 3 rings (SSSR count). The normalized spacial score (nSPS) is 10.3. The van der Waals surface area contributed by atoms with Gasteiger partial charge in [-0.1, -0.05) is 18.2 Å².